The summed E-state index contributed by atoms with van der Waals surface area (Å²) in [5.74, 6) is 2.49. The molecule has 0 aliphatic carbocycles. The summed E-state index contributed by atoms with van der Waals surface area (Å²) in [6.07, 6.45) is 0. The van der Waals surface area contributed by atoms with Crippen molar-refractivity contribution >= 4 is 22.1 Å². The summed E-state index contributed by atoms with van der Waals surface area (Å²) in [5, 5.41) is 1.88. The molecule has 0 N–H and O–H groups in total. The van der Waals surface area contributed by atoms with Gasteiger partial charge in [0.15, 0.2) is 23.3 Å². The molecule has 0 saturated carbocycles. The maximum atomic E-state index is 6.27. The monoisotopic (exact) mass is 629 g/mol. The standard InChI is InChI=1S/C43H27N5O/c1-4-14-28(15-5-1)39-44-38(37-35-24-10-11-25-36(35)49-43(37)48-39)33-22-12-20-31(26-33)32-21-13-23-34(27-32)42-46-40(29-16-6-2-7-17-29)45-41(47-42)30-18-8-3-9-19-30/h1-27H. The van der Waals surface area contributed by atoms with Crippen LogP contribution in [0.4, 0.5) is 0 Å². The van der Waals surface area contributed by atoms with Crippen LogP contribution in [0.1, 0.15) is 0 Å². The number of para-hydroxylation sites is 1. The number of hydrogen-bond donors (Lipinski definition) is 0. The van der Waals surface area contributed by atoms with E-state index < -0.39 is 0 Å². The van der Waals surface area contributed by atoms with Gasteiger partial charge in [-0.2, -0.15) is 4.98 Å². The molecule has 3 heterocycles. The van der Waals surface area contributed by atoms with E-state index in [1.807, 2.05) is 121 Å². The van der Waals surface area contributed by atoms with Gasteiger partial charge in [-0.3, -0.25) is 0 Å². The molecule has 0 fully saturated rings. The van der Waals surface area contributed by atoms with Crippen LogP contribution in [0.3, 0.4) is 0 Å². The van der Waals surface area contributed by atoms with Gasteiger partial charge in [0.25, 0.3) is 0 Å². The average molecular weight is 630 g/mol. The Morgan fingerprint density at radius 2 is 0.755 bits per heavy atom. The van der Waals surface area contributed by atoms with Crippen molar-refractivity contribution in [3.8, 4) is 67.9 Å². The van der Waals surface area contributed by atoms with Crippen LogP contribution in [0, 0.1) is 0 Å². The zero-order chi connectivity index (χ0) is 32.6. The number of benzene rings is 6. The van der Waals surface area contributed by atoms with Crippen molar-refractivity contribution in [3.63, 3.8) is 0 Å². The predicted molar refractivity (Wildman–Crippen MR) is 195 cm³/mol. The van der Waals surface area contributed by atoms with Gasteiger partial charge < -0.3 is 4.42 Å². The molecule has 0 aliphatic heterocycles. The summed E-state index contributed by atoms with van der Waals surface area (Å²) < 4.78 is 6.27. The van der Waals surface area contributed by atoms with E-state index >= 15 is 0 Å². The number of hydrogen-bond acceptors (Lipinski definition) is 6. The lowest BCUT2D eigenvalue weighted by molar-refractivity contribution is 0.653. The van der Waals surface area contributed by atoms with Gasteiger partial charge in [-0.1, -0.05) is 146 Å². The lowest BCUT2D eigenvalue weighted by Crippen LogP contribution is -2.00. The van der Waals surface area contributed by atoms with Crippen LogP contribution >= 0.6 is 0 Å². The smallest absolute Gasteiger partial charge is 0.231 e. The molecule has 0 spiro atoms. The summed E-state index contributed by atoms with van der Waals surface area (Å²) in [7, 11) is 0. The Bertz CT molecular complexity index is 2540. The molecule has 0 atom stereocenters. The van der Waals surface area contributed by atoms with Gasteiger partial charge in [0.1, 0.15) is 5.58 Å². The molecule has 0 aliphatic rings. The third-order valence-electron chi connectivity index (χ3n) is 8.56. The lowest BCUT2D eigenvalue weighted by atomic mass is 9.98. The molecule has 6 heteroatoms. The van der Waals surface area contributed by atoms with Gasteiger partial charge in [0.2, 0.25) is 5.71 Å². The van der Waals surface area contributed by atoms with E-state index in [2.05, 4.69) is 42.5 Å². The Kier molecular flexibility index (Phi) is 7.02. The summed E-state index contributed by atoms with van der Waals surface area (Å²) in [6, 6.07) is 54.9. The third kappa shape index (κ3) is 5.41. The third-order valence-corrected chi connectivity index (χ3v) is 8.56. The molecular weight excluding hydrogens is 603 g/mol. The van der Waals surface area contributed by atoms with E-state index in [1.165, 1.54) is 0 Å². The fraction of sp³-hybridized carbons (Fsp3) is 0. The van der Waals surface area contributed by atoms with Crippen molar-refractivity contribution in [3.05, 3.63) is 164 Å². The van der Waals surface area contributed by atoms with E-state index in [1.54, 1.807) is 0 Å². The highest BCUT2D eigenvalue weighted by molar-refractivity contribution is 6.10. The molecular formula is C43H27N5O. The van der Waals surface area contributed by atoms with Gasteiger partial charge in [-0.25, -0.2) is 19.9 Å². The van der Waals surface area contributed by atoms with E-state index in [4.69, 9.17) is 29.3 Å². The first kappa shape index (κ1) is 28.4. The van der Waals surface area contributed by atoms with Crippen LogP contribution in [-0.2, 0) is 0 Å². The van der Waals surface area contributed by atoms with Gasteiger partial charge in [-0.05, 0) is 29.3 Å². The van der Waals surface area contributed by atoms with E-state index in [-0.39, 0.29) is 0 Å². The number of furan rings is 1. The molecule has 0 amide bonds. The predicted octanol–water partition coefficient (Wildman–Crippen LogP) is 10.6. The topological polar surface area (TPSA) is 77.6 Å². The summed E-state index contributed by atoms with van der Waals surface area (Å²) in [6.45, 7) is 0. The molecule has 6 nitrogen and oxygen atoms in total. The molecule has 49 heavy (non-hydrogen) atoms. The average Bonchev–Trinajstić information content (AvgIpc) is 3.57. The Labute approximate surface area is 282 Å². The van der Waals surface area contributed by atoms with Crippen LogP contribution < -0.4 is 0 Å². The second-order valence-corrected chi connectivity index (χ2v) is 11.7. The van der Waals surface area contributed by atoms with Crippen LogP contribution in [0.15, 0.2) is 168 Å². The first-order valence-corrected chi connectivity index (χ1v) is 16.1. The molecule has 0 unspecified atom stereocenters. The minimum Gasteiger partial charge on any atom is -0.438 e. The fourth-order valence-electron chi connectivity index (χ4n) is 6.17. The molecule has 0 radical (unpaired) electrons. The van der Waals surface area contributed by atoms with Crippen LogP contribution in [0.2, 0.25) is 0 Å². The highest BCUT2D eigenvalue weighted by Crippen LogP contribution is 2.38. The Morgan fingerprint density at radius 3 is 1.35 bits per heavy atom. The Morgan fingerprint density at radius 1 is 0.327 bits per heavy atom. The van der Waals surface area contributed by atoms with Gasteiger partial charge in [-0.15, -0.1) is 0 Å². The van der Waals surface area contributed by atoms with Gasteiger partial charge in [0.05, 0.1) is 11.1 Å². The SMILES string of the molecule is c1ccc(-c2nc(-c3ccccc3)nc(-c3cccc(-c4cccc(-c5nc(-c6ccccc6)nc6oc7ccccc7c56)c4)c3)n2)cc1. The highest BCUT2D eigenvalue weighted by Gasteiger charge is 2.19. The molecule has 230 valence electrons. The maximum Gasteiger partial charge on any atom is 0.231 e. The highest BCUT2D eigenvalue weighted by atomic mass is 16.3. The van der Waals surface area contributed by atoms with Gasteiger partial charge in [0, 0.05) is 33.2 Å². The minimum atomic E-state index is 0.565. The number of rotatable bonds is 6. The molecule has 3 aromatic heterocycles. The van der Waals surface area contributed by atoms with E-state index in [0.717, 1.165) is 61.0 Å². The summed E-state index contributed by atoms with van der Waals surface area (Å²) in [5.41, 5.74) is 8.91. The van der Waals surface area contributed by atoms with Crippen molar-refractivity contribution in [1.82, 2.24) is 24.9 Å². The fourth-order valence-corrected chi connectivity index (χ4v) is 6.17. The normalized spacial score (nSPS) is 11.3. The lowest BCUT2D eigenvalue weighted by Gasteiger charge is -2.11. The van der Waals surface area contributed by atoms with E-state index in [0.29, 0.717) is 29.0 Å². The van der Waals surface area contributed by atoms with Crippen LogP contribution in [-0.4, -0.2) is 24.9 Å². The zero-order valence-corrected chi connectivity index (χ0v) is 26.2. The number of aromatic nitrogens is 5. The molecule has 0 saturated heterocycles. The van der Waals surface area contributed by atoms with E-state index in [9.17, 15) is 0 Å². The van der Waals surface area contributed by atoms with Crippen molar-refractivity contribution in [2.75, 3.05) is 0 Å². The molecule has 6 aromatic carbocycles. The number of nitrogens with zero attached hydrogens (tertiary/aromatic N) is 5. The first-order chi connectivity index (χ1) is 24.3. The van der Waals surface area contributed by atoms with Crippen LogP contribution in [0.25, 0.3) is 90.0 Å². The molecule has 9 rings (SSSR count). The molecule has 9 aromatic rings. The number of fused-ring (bicyclic) bond motifs is 3. The zero-order valence-electron chi connectivity index (χ0n) is 26.2. The summed E-state index contributed by atoms with van der Waals surface area (Å²) >= 11 is 0. The Balaban J connectivity index is 1.17. The van der Waals surface area contributed by atoms with Crippen molar-refractivity contribution in [1.29, 1.82) is 0 Å². The van der Waals surface area contributed by atoms with Gasteiger partial charge >= 0.3 is 0 Å². The minimum absolute atomic E-state index is 0.565. The van der Waals surface area contributed by atoms with Crippen molar-refractivity contribution in [2.45, 2.75) is 0 Å². The maximum absolute atomic E-state index is 6.27. The van der Waals surface area contributed by atoms with Crippen molar-refractivity contribution < 1.29 is 4.42 Å². The van der Waals surface area contributed by atoms with Crippen molar-refractivity contribution in [2.24, 2.45) is 0 Å². The Hall–Kier alpha value is -6.79. The second-order valence-electron chi connectivity index (χ2n) is 11.7. The second kappa shape index (κ2) is 12.1. The molecule has 0 bridgehead atoms. The largest absolute Gasteiger partial charge is 0.438 e. The first-order valence-electron chi connectivity index (χ1n) is 16.1. The van der Waals surface area contributed by atoms with Crippen LogP contribution in [0.5, 0.6) is 0 Å². The quantitative estimate of drug-likeness (QED) is 0.182. The summed E-state index contributed by atoms with van der Waals surface area (Å²) in [4.78, 5) is 24.7.